The summed E-state index contributed by atoms with van der Waals surface area (Å²) in [6.07, 6.45) is 3.49. The van der Waals surface area contributed by atoms with Crippen molar-refractivity contribution in [1.29, 1.82) is 0 Å². The number of hydrogen-bond donors (Lipinski definition) is 0. The van der Waals surface area contributed by atoms with E-state index in [1.165, 1.54) is 0 Å². The van der Waals surface area contributed by atoms with Crippen LogP contribution in [0.2, 0.25) is 0 Å². The maximum atomic E-state index is 11.0. The largest absolute Gasteiger partial charge is 0.493 e. The highest BCUT2D eigenvalue weighted by molar-refractivity contribution is 5.85. The predicted molar refractivity (Wildman–Crippen MR) is 139 cm³/mol. The molecule has 0 amide bonds. The molecule has 0 aliphatic carbocycles. The van der Waals surface area contributed by atoms with Gasteiger partial charge in [0.15, 0.2) is 0 Å². The maximum absolute atomic E-state index is 11.0. The van der Waals surface area contributed by atoms with Gasteiger partial charge in [0, 0.05) is 36.1 Å². The van der Waals surface area contributed by atoms with Gasteiger partial charge in [0.2, 0.25) is 0 Å². The Kier molecular flexibility index (Phi) is 10.2. The maximum Gasteiger partial charge on any atom is 0.330 e. The molecule has 0 radical (unpaired) electrons. The minimum atomic E-state index is -0.430. The van der Waals surface area contributed by atoms with E-state index in [1.807, 2.05) is 60.7 Å². The monoisotopic (exact) mass is 484 g/mol. The minimum Gasteiger partial charge on any atom is -0.493 e. The van der Waals surface area contributed by atoms with Crippen LogP contribution in [0.25, 0.3) is 10.8 Å². The molecule has 0 aliphatic rings. The molecule has 0 saturated heterocycles. The Morgan fingerprint density at radius 3 is 1.78 bits per heavy atom. The van der Waals surface area contributed by atoms with Crippen molar-refractivity contribution in [3.63, 3.8) is 0 Å². The van der Waals surface area contributed by atoms with Crippen molar-refractivity contribution in [2.24, 2.45) is 0 Å². The SMILES string of the molecule is C=CC(=O)OCCCOc1ccc(C#Cc2ccc3cc(OCCCOC(=O)C=C)ccc3c2)cc1. The fraction of sp³-hybridized carbons (Fsp3) is 0.200. The van der Waals surface area contributed by atoms with Gasteiger partial charge in [0.05, 0.1) is 26.4 Å². The Morgan fingerprint density at radius 2 is 1.14 bits per heavy atom. The molecule has 3 aromatic rings. The first kappa shape index (κ1) is 26.1. The van der Waals surface area contributed by atoms with Crippen molar-refractivity contribution in [1.82, 2.24) is 0 Å². The fourth-order valence-corrected chi connectivity index (χ4v) is 3.13. The lowest BCUT2D eigenvalue weighted by Gasteiger charge is -2.08. The highest BCUT2D eigenvalue weighted by atomic mass is 16.5. The van der Waals surface area contributed by atoms with Gasteiger partial charge in [-0.1, -0.05) is 37.1 Å². The smallest absolute Gasteiger partial charge is 0.330 e. The van der Waals surface area contributed by atoms with Gasteiger partial charge in [-0.25, -0.2) is 9.59 Å². The second-order valence-corrected chi connectivity index (χ2v) is 7.65. The second-order valence-electron chi connectivity index (χ2n) is 7.65. The van der Waals surface area contributed by atoms with E-state index in [-0.39, 0.29) is 0 Å². The minimum absolute atomic E-state index is 0.295. The third kappa shape index (κ3) is 8.69. The summed E-state index contributed by atoms with van der Waals surface area (Å²) in [6.45, 7) is 8.21. The van der Waals surface area contributed by atoms with E-state index in [4.69, 9.17) is 18.9 Å². The summed E-state index contributed by atoms with van der Waals surface area (Å²) in [4.78, 5) is 22.0. The van der Waals surface area contributed by atoms with Crippen LogP contribution < -0.4 is 9.47 Å². The van der Waals surface area contributed by atoms with Gasteiger partial charge < -0.3 is 18.9 Å². The lowest BCUT2D eigenvalue weighted by atomic mass is 10.1. The molecule has 0 bridgehead atoms. The molecule has 184 valence electrons. The van der Waals surface area contributed by atoms with Crippen LogP contribution in [0.4, 0.5) is 0 Å². The lowest BCUT2D eigenvalue weighted by Crippen LogP contribution is -2.06. The van der Waals surface area contributed by atoms with Crippen LogP contribution >= 0.6 is 0 Å². The topological polar surface area (TPSA) is 71.1 Å². The molecule has 0 N–H and O–H groups in total. The summed E-state index contributed by atoms with van der Waals surface area (Å²) in [5.74, 6) is 7.01. The molecule has 6 heteroatoms. The lowest BCUT2D eigenvalue weighted by molar-refractivity contribution is -0.138. The third-order valence-electron chi connectivity index (χ3n) is 4.95. The van der Waals surface area contributed by atoms with Crippen LogP contribution in [0.3, 0.4) is 0 Å². The molecule has 0 spiro atoms. The number of ether oxygens (including phenoxy) is 4. The van der Waals surface area contributed by atoms with Gasteiger partial charge in [0.25, 0.3) is 0 Å². The molecular formula is C30H28O6. The summed E-state index contributed by atoms with van der Waals surface area (Å²) in [7, 11) is 0. The first-order valence-corrected chi connectivity index (χ1v) is 11.6. The number of carbonyl (C=O) groups is 2. The van der Waals surface area contributed by atoms with Gasteiger partial charge in [-0.3, -0.25) is 0 Å². The summed E-state index contributed by atoms with van der Waals surface area (Å²) in [5, 5.41) is 2.12. The Morgan fingerprint density at radius 1 is 0.639 bits per heavy atom. The Bertz CT molecular complexity index is 1260. The van der Waals surface area contributed by atoms with E-state index < -0.39 is 11.9 Å². The zero-order chi connectivity index (χ0) is 25.6. The average Bonchev–Trinajstić information content (AvgIpc) is 2.91. The number of esters is 2. The Hall–Kier alpha value is -4.50. The van der Waals surface area contributed by atoms with E-state index in [9.17, 15) is 9.59 Å². The molecule has 3 aromatic carbocycles. The van der Waals surface area contributed by atoms with Crippen LogP contribution in [-0.4, -0.2) is 38.4 Å². The fourth-order valence-electron chi connectivity index (χ4n) is 3.13. The van der Waals surface area contributed by atoms with Crippen molar-refractivity contribution in [3.8, 4) is 23.3 Å². The summed E-state index contributed by atoms with van der Waals surface area (Å²) < 4.78 is 21.2. The van der Waals surface area contributed by atoms with Crippen molar-refractivity contribution < 1.29 is 28.5 Å². The average molecular weight is 485 g/mol. The predicted octanol–water partition coefficient (Wildman–Crippen LogP) is 5.24. The molecule has 36 heavy (non-hydrogen) atoms. The molecule has 0 heterocycles. The number of fused-ring (bicyclic) bond motifs is 1. The molecule has 6 nitrogen and oxygen atoms in total. The normalized spacial score (nSPS) is 10.0. The number of carbonyl (C=O) groups excluding carboxylic acids is 2. The van der Waals surface area contributed by atoms with Crippen LogP contribution in [-0.2, 0) is 19.1 Å². The first-order valence-electron chi connectivity index (χ1n) is 11.6. The summed E-state index contributed by atoms with van der Waals surface area (Å²) in [5.41, 5.74) is 1.79. The molecule has 0 saturated carbocycles. The number of hydrogen-bond acceptors (Lipinski definition) is 6. The Balaban J connectivity index is 1.49. The van der Waals surface area contributed by atoms with Crippen molar-refractivity contribution in [3.05, 3.63) is 97.1 Å². The van der Waals surface area contributed by atoms with Crippen molar-refractivity contribution in [2.75, 3.05) is 26.4 Å². The standard InChI is InChI=1S/C30H28O6/c1-3-29(31)35-19-5-17-33-27-14-10-23(11-15-27)7-8-24-9-12-26-22-28(16-13-25(26)21-24)34-18-6-20-36-30(32)4-2/h3-4,9-16,21-22H,1-2,5-6,17-20H2. The highest BCUT2D eigenvalue weighted by Gasteiger charge is 2.01. The van der Waals surface area contributed by atoms with Gasteiger partial charge >= 0.3 is 11.9 Å². The quantitative estimate of drug-likeness (QED) is 0.152. The van der Waals surface area contributed by atoms with Crippen LogP contribution in [0.1, 0.15) is 24.0 Å². The Labute approximate surface area is 211 Å². The molecule has 0 aliphatic heterocycles. The molecular weight excluding hydrogens is 456 g/mol. The van der Waals surface area contributed by atoms with Gasteiger partial charge in [-0.15, -0.1) is 0 Å². The zero-order valence-corrected chi connectivity index (χ0v) is 20.0. The molecule has 0 atom stereocenters. The van der Waals surface area contributed by atoms with Gasteiger partial charge in [-0.05, 0) is 59.3 Å². The third-order valence-corrected chi connectivity index (χ3v) is 4.95. The first-order chi connectivity index (χ1) is 17.6. The number of benzene rings is 3. The van der Waals surface area contributed by atoms with Crippen molar-refractivity contribution in [2.45, 2.75) is 12.8 Å². The van der Waals surface area contributed by atoms with Crippen molar-refractivity contribution >= 4 is 22.7 Å². The molecule has 0 aromatic heterocycles. The van der Waals surface area contributed by atoms with Gasteiger partial charge in [-0.2, -0.15) is 0 Å². The van der Waals surface area contributed by atoms with Crippen LogP contribution in [0.15, 0.2) is 86.0 Å². The summed E-state index contributed by atoms with van der Waals surface area (Å²) >= 11 is 0. The molecule has 3 rings (SSSR count). The van der Waals surface area contributed by atoms with E-state index >= 15 is 0 Å². The van der Waals surface area contributed by atoms with E-state index in [1.54, 1.807) is 0 Å². The molecule has 0 fully saturated rings. The molecule has 0 unspecified atom stereocenters. The van der Waals surface area contributed by atoms with Crippen LogP contribution in [0, 0.1) is 11.8 Å². The van der Waals surface area contributed by atoms with E-state index in [0.29, 0.717) is 39.3 Å². The van der Waals surface area contributed by atoms with Gasteiger partial charge in [0.1, 0.15) is 11.5 Å². The zero-order valence-electron chi connectivity index (χ0n) is 20.0. The van der Waals surface area contributed by atoms with E-state index in [0.717, 1.165) is 45.6 Å². The highest BCUT2D eigenvalue weighted by Crippen LogP contribution is 2.22. The van der Waals surface area contributed by atoms with E-state index in [2.05, 4.69) is 25.0 Å². The second kappa shape index (κ2) is 14.0. The van der Waals surface area contributed by atoms with Crippen LogP contribution in [0.5, 0.6) is 11.5 Å². The summed E-state index contributed by atoms with van der Waals surface area (Å²) in [6, 6.07) is 19.5. The number of rotatable bonds is 12.